The van der Waals surface area contributed by atoms with Crippen LogP contribution in [-0.4, -0.2) is 50.7 Å². The van der Waals surface area contributed by atoms with E-state index in [0.29, 0.717) is 19.6 Å². The van der Waals surface area contributed by atoms with Gasteiger partial charge in [-0.25, -0.2) is 13.7 Å². The molecule has 4 unspecified atom stereocenters. The van der Waals surface area contributed by atoms with Crippen LogP contribution < -0.4 is 5.73 Å². The second kappa shape index (κ2) is 11.1. The van der Waals surface area contributed by atoms with Crippen molar-refractivity contribution in [2.45, 2.75) is 101 Å². The minimum atomic E-state index is -1.52. The Morgan fingerprint density at radius 1 is 1.17 bits per heavy atom. The fourth-order valence-electron chi connectivity index (χ4n) is 7.21. The van der Waals surface area contributed by atoms with Gasteiger partial charge in [-0.1, -0.05) is 74.8 Å². The number of carbonyl (C=O) groups excluding carboxylic acids is 1. The van der Waals surface area contributed by atoms with Gasteiger partial charge in [0.05, 0.1) is 17.2 Å². The van der Waals surface area contributed by atoms with Crippen LogP contribution in [-0.2, 0) is 19.8 Å². The highest BCUT2D eigenvalue weighted by molar-refractivity contribution is 6.59. The van der Waals surface area contributed by atoms with Gasteiger partial charge in [0.2, 0.25) is 0 Å². The summed E-state index contributed by atoms with van der Waals surface area (Å²) in [5.41, 5.74) is 5.04. The average Bonchev–Trinajstić information content (AvgIpc) is 3.26. The van der Waals surface area contributed by atoms with Gasteiger partial charge in [-0.3, -0.25) is 4.79 Å². The SMILES string of the molecule is C[SiH](C)C(C)(C)COCC1(CC2N3C(C(=O)OC3(C)C)C(c3cccc(Cl)c3F)C2(N)c2ccc(Cl)cc2F)CCC1. The molecule has 0 amide bonds. The molecule has 0 aromatic heterocycles. The van der Waals surface area contributed by atoms with Gasteiger partial charge in [-0.05, 0) is 67.3 Å². The van der Waals surface area contributed by atoms with Gasteiger partial charge >= 0.3 is 5.97 Å². The maximum absolute atomic E-state index is 16.0. The number of ether oxygens (including phenoxy) is 2. The Bertz CT molecular complexity index is 1370. The molecule has 2 saturated heterocycles. The Labute approximate surface area is 259 Å². The van der Waals surface area contributed by atoms with E-state index in [1.165, 1.54) is 12.1 Å². The van der Waals surface area contributed by atoms with E-state index in [1.807, 2.05) is 18.7 Å². The third kappa shape index (κ3) is 5.24. The molecular weight excluding hydrogens is 597 g/mol. The largest absolute Gasteiger partial charge is 0.443 e. The van der Waals surface area contributed by atoms with E-state index in [0.717, 1.165) is 19.3 Å². The van der Waals surface area contributed by atoms with E-state index in [9.17, 15) is 4.79 Å². The number of cyclic esters (lactones) is 1. The molecule has 10 heteroatoms. The molecule has 0 bridgehead atoms. The van der Waals surface area contributed by atoms with Crippen molar-refractivity contribution in [3.05, 3.63) is 69.2 Å². The predicted octanol–water partition coefficient (Wildman–Crippen LogP) is 7.40. The van der Waals surface area contributed by atoms with Crippen LogP contribution in [0.2, 0.25) is 28.2 Å². The molecule has 3 fully saturated rings. The summed E-state index contributed by atoms with van der Waals surface area (Å²) in [5.74, 6) is -2.76. The highest BCUT2D eigenvalue weighted by atomic mass is 35.5. The topological polar surface area (TPSA) is 64.8 Å². The van der Waals surface area contributed by atoms with Crippen molar-refractivity contribution in [2.24, 2.45) is 11.1 Å². The molecule has 230 valence electrons. The van der Waals surface area contributed by atoms with Gasteiger partial charge in [-0.15, -0.1) is 0 Å². The van der Waals surface area contributed by atoms with Crippen molar-refractivity contribution in [1.29, 1.82) is 0 Å². The number of nitrogens with two attached hydrogens (primary N) is 1. The van der Waals surface area contributed by atoms with E-state index in [2.05, 4.69) is 26.9 Å². The van der Waals surface area contributed by atoms with Crippen LogP contribution in [0.25, 0.3) is 0 Å². The summed E-state index contributed by atoms with van der Waals surface area (Å²) in [7, 11) is -0.958. The van der Waals surface area contributed by atoms with E-state index in [-0.39, 0.29) is 31.6 Å². The van der Waals surface area contributed by atoms with Gasteiger partial charge in [0.25, 0.3) is 0 Å². The van der Waals surface area contributed by atoms with Gasteiger partial charge < -0.3 is 15.2 Å². The molecule has 0 radical (unpaired) electrons. The van der Waals surface area contributed by atoms with Crippen LogP contribution in [0.4, 0.5) is 8.78 Å². The summed E-state index contributed by atoms with van der Waals surface area (Å²) >= 11 is 12.4. The molecule has 2 aliphatic heterocycles. The fraction of sp³-hybridized carbons (Fsp3) is 0.594. The lowest BCUT2D eigenvalue weighted by atomic mass is 9.61. The number of carbonyl (C=O) groups is 1. The minimum absolute atomic E-state index is 0.0905. The summed E-state index contributed by atoms with van der Waals surface area (Å²) in [6.07, 6.45) is 3.42. The lowest BCUT2D eigenvalue weighted by molar-refractivity contribution is -0.153. The second-order valence-electron chi connectivity index (χ2n) is 14.1. The van der Waals surface area contributed by atoms with Crippen molar-refractivity contribution in [1.82, 2.24) is 4.90 Å². The van der Waals surface area contributed by atoms with Crippen molar-refractivity contribution in [3.63, 3.8) is 0 Å². The van der Waals surface area contributed by atoms with Crippen LogP contribution in [0, 0.1) is 17.0 Å². The van der Waals surface area contributed by atoms with Crippen molar-refractivity contribution in [3.8, 4) is 0 Å². The molecule has 5 rings (SSSR count). The molecule has 2 aromatic carbocycles. The van der Waals surface area contributed by atoms with Crippen LogP contribution in [0.5, 0.6) is 0 Å². The molecule has 3 aliphatic rings. The lowest BCUT2D eigenvalue weighted by Gasteiger charge is -2.50. The zero-order valence-electron chi connectivity index (χ0n) is 25.3. The Morgan fingerprint density at radius 2 is 1.86 bits per heavy atom. The standard InChI is InChI=1S/C32H42Cl2F2N2O3Si/c1-29(2,42(5)6)17-40-18-31(13-8-14-31)16-24-32(37,21-12-11-19(33)15-23(21)35)25(20-9-7-10-22(34)26(20)36)27-28(39)41-30(3,4)38(24)27/h7,9-12,15,24-25,27,42H,8,13-14,16-18,37H2,1-6H3. The summed E-state index contributed by atoms with van der Waals surface area (Å²) < 4.78 is 44.1. The zero-order chi connectivity index (χ0) is 30.8. The molecule has 5 nitrogen and oxygen atoms in total. The van der Waals surface area contributed by atoms with Crippen molar-refractivity contribution in [2.75, 3.05) is 13.2 Å². The number of fused-ring (bicyclic) bond motifs is 1. The number of esters is 1. The molecular formula is C32H42Cl2F2N2O3Si. The maximum Gasteiger partial charge on any atom is 0.325 e. The Hall–Kier alpha value is -1.55. The van der Waals surface area contributed by atoms with Crippen LogP contribution >= 0.6 is 23.2 Å². The monoisotopic (exact) mass is 638 g/mol. The van der Waals surface area contributed by atoms with Gasteiger partial charge in [0, 0.05) is 37.9 Å². The van der Waals surface area contributed by atoms with Gasteiger partial charge in [0.15, 0.2) is 5.72 Å². The number of rotatable bonds is 9. The lowest BCUT2D eigenvalue weighted by Crippen LogP contribution is -2.58. The quantitative estimate of drug-likeness (QED) is 0.229. The molecule has 1 aliphatic carbocycles. The second-order valence-corrected chi connectivity index (χ2v) is 18.8. The molecule has 2 N–H and O–H groups in total. The first-order chi connectivity index (χ1) is 19.5. The Morgan fingerprint density at radius 3 is 2.45 bits per heavy atom. The Balaban J connectivity index is 1.65. The number of hydrogen-bond acceptors (Lipinski definition) is 5. The fourth-order valence-corrected chi connectivity index (χ4v) is 8.00. The van der Waals surface area contributed by atoms with Crippen LogP contribution in [0.3, 0.4) is 0 Å². The minimum Gasteiger partial charge on any atom is -0.443 e. The van der Waals surface area contributed by atoms with Crippen LogP contribution in [0.15, 0.2) is 36.4 Å². The first-order valence-corrected chi connectivity index (χ1v) is 18.5. The number of hydrogen-bond donors (Lipinski definition) is 1. The molecule has 1 saturated carbocycles. The van der Waals surface area contributed by atoms with E-state index >= 15 is 8.78 Å². The molecule has 2 aromatic rings. The van der Waals surface area contributed by atoms with Crippen LogP contribution in [0.1, 0.15) is 70.4 Å². The van der Waals surface area contributed by atoms with Gasteiger partial charge in [-0.2, -0.15) is 0 Å². The molecule has 2 heterocycles. The first-order valence-electron chi connectivity index (χ1n) is 14.8. The zero-order valence-corrected chi connectivity index (χ0v) is 27.9. The third-order valence-electron chi connectivity index (χ3n) is 10.4. The maximum atomic E-state index is 16.0. The average molecular weight is 640 g/mol. The Kier molecular flexibility index (Phi) is 8.43. The van der Waals surface area contributed by atoms with Crippen molar-refractivity contribution >= 4 is 38.0 Å². The normalized spacial score (nSPS) is 28.6. The number of halogens is 4. The third-order valence-corrected chi connectivity index (χ3v) is 14.3. The number of benzene rings is 2. The highest BCUT2D eigenvalue weighted by Gasteiger charge is 2.70. The van der Waals surface area contributed by atoms with E-state index < -0.39 is 55.7 Å². The van der Waals surface area contributed by atoms with Crippen molar-refractivity contribution < 1.29 is 23.0 Å². The summed E-state index contributed by atoms with van der Waals surface area (Å²) in [5, 5.41) is 0.271. The van der Waals surface area contributed by atoms with E-state index in [1.54, 1.807) is 24.3 Å². The summed E-state index contributed by atoms with van der Waals surface area (Å²) in [6, 6.07) is 7.52. The predicted molar refractivity (Wildman–Crippen MR) is 166 cm³/mol. The van der Waals surface area contributed by atoms with Gasteiger partial charge in [0.1, 0.15) is 17.7 Å². The summed E-state index contributed by atoms with van der Waals surface area (Å²) in [6.45, 7) is 14.0. The molecule has 42 heavy (non-hydrogen) atoms. The van der Waals surface area contributed by atoms with E-state index in [4.69, 9.17) is 38.4 Å². The smallest absolute Gasteiger partial charge is 0.325 e. The number of nitrogens with zero attached hydrogens (tertiary/aromatic N) is 1. The first kappa shape index (κ1) is 31.9. The summed E-state index contributed by atoms with van der Waals surface area (Å²) in [4.78, 5) is 15.6. The highest BCUT2D eigenvalue weighted by Crippen LogP contribution is 2.60. The molecule has 0 spiro atoms. The molecule has 4 atom stereocenters.